The van der Waals surface area contributed by atoms with E-state index in [2.05, 4.69) is 29.1 Å². The highest BCUT2D eigenvalue weighted by atomic mass is 16.1. The number of amides is 1. The van der Waals surface area contributed by atoms with Crippen molar-refractivity contribution in [3.63, 3.8) is 0 Å². The molecule has 1 amide bonds. The van der Waals surface area contributed by atoms with E-state index >= 15 is 0 Å². The van der Waals surface area contributed by atoms with E-state index in [4.69, 9.17) is 5.73 Å². The molecule has 0 aromatic carbocycles. The van der Waals surface area contributed by atoms with Crippen LogP contribution in [-0.2, 0) is 17.8 Å². The molecule has 1 aromatic rings. The Morgan fingerprint density at radius 3 is 2.94 bits per heavy atom. The van der Waals surface area contributed by atoms with Gasteiger partial charge >= 0.3 is 0 Å². The molecule has 0 radical (unpaired) electrons. The molecule has 0 unspecified atom stereocenters. The smallest absolute Gasteiger partial charge is 0.225 e. The lowest BCUT2D eigenvalue weighted by molar-refractivity contribution is -0.117. The lowest BCUT2D eigenvalue weighted by Crippen LogP contribution is -2.21. The van der Waals surface area contributed by atoms with E-state index in [1.807, 2.05) is 6.07 Å². The molecule has 0 saturated carbocycles. The molecule has 5 nitrogen and oxygen atoms in total. The Labute approximate surface area is 95.5 Å². The van der Waals surface area contributed by atoms with Gasteiger partial charge in [-0.05, 0) is 18.5 Å². The van der Waals surface area contributed by atoms with Gasteiger partial charge < -0.3 is 11.1 Å². The number of primary amides is 1. The minimum Gasteiger partial charge on any atom is -0.369 e. The summed E-state index contributed by atoms with van der Waals surface area (Å²) in [6, 6.07) is 1.83. The second-order valence-electron chi connectivity index (χ2n) is 4.13. The van der Waals surface area contributed by atoms with Gasteiger partial charge in [0.15, 0.2) is 0 Å². The van der Waals surface area contributed by atoms with Crippen molar-refractivity contribution in [1.29, 1.82) is 0 Å². The standard InChI is InChI=1S/C11H18N4O/c1-8(2)6-13-7-9-3-4-14-11(15-9)5-10(12)16/h3-4,8,13H,5-7H2,1-2H3,(H2,12,16). The monoisotopic (exact) mass is 222 g/mol. The van der Waals surface area contributed by atoms with E-state index in [9.17, 15) is 4.79 Å². The first-order valence-corrected chi connectivity index (χ1v) is 5.37. The van der Waals surface area contributed by atoms with Crippen molar-refractivity contribution in [3.8, 4) is 0 Å². The molecule has 0 aliphatic heterocycles. The summed E-state index contributed by atoms with van der Waals surface area (Å²) in [4.78, 5) is 18.9. The normalized spacial score (nSPS) is 10.7. The highest BCUT2D eigenvalue weighted by Crippen LogP contribution is 1.97. The van der Waals surface area contributed by atoms with Crippen LogP contribution in [0.25, 0.3) is 0 Å². The van der Waals surface area contributed by atoms with Gasteiger partial charge in [-0.2, -0.15) is 0 Å². The molecule has 5 heteroatoms. The summed E-state index contributed by atoms with van der Waals surface area (Å²) >= 11 is 0. The fraction of sp³-hybridized carbons (Fsp3) is 0.545. The Kier molecular flexibility index (Phi) is 4.85. The van der Waals surface area contributed by atoms with Gasteiger partial charge in [0.1, 0.15) is 5.82 Å². The molecule has 0 saturated heterocycles. The molecule has 1 heterocycles. The van der Waals surface area contributed by atoms with Crippen LogP contribution in [0.1, 0.15) is 25.4 Å². The zero-order valence-corrected chi connectivity index (χ0v) is 9.73. The highest BCUT2D eigenvalue weighted by molar-refractivity contribution is 5.75. The fourth-order valence-corrected chi connectivity index (χ4v) is 1.27. The number of carbonyl (C=O) groups excluding carboxylic acids is 1. The number of carbonyl (C=O) groups is 1. The average Bonchev–Trinajstić information content (AvgIpc) is 2.16. The van der Waals surface area contributed by atoms with Crippen LogP contribution < -0.4 is 11.1 Å². The number of hydrogen-bond donors (Lipinski definition) is 2. The van der Waals surface area contributed by atoms with Crippen LogP contribution in [0.15, 0.2) is 12.3 Å². The third-order valence-corrected chi connectivity index (χ3v) is 1.95. The fourth-order valence-electron chi connectivity index (χ4n) is 1.27. The molecule has 0 bridgehead atoms. The molecule has 16 heavy (non-hydrogen) atoms. The molecule has 0 spiro atoms. The molecule has 3 N–H and O–H groups in total. The summed E-state index contributed by atoms with van der Waals surface area (Å²) in [6.45, 7) is 5.92. The second-order valence-corrected chi connectivity index (χ2v) is 4.13. The van der Waals surface area contributed by atoms with Gasteiger partial charge in [0, 0.05) is 12.7 Å². The first kappa shape index (κ1) is 12.6. The first-order chi connectivity index (χ1) is 7.58. The molecule has 0 aliphatic carbocycles. The summed E-state index contributed by atoms with van der Waals surface area (Å²) < 4.78 is 0. The largest absolute Gasteiger partial charge is 0.369 e. The lowest BCUT2D eigenvalue weighted by Gasteiger charge is -2.07. The van der Waals surface area contributed by atoms with Gasteiger partial charge in [-0.25, -0.2) is 9.97 Å². The van der Waals surface area contributed by atoms with Crippen molar-refractivity contribution in [1.82, 2.24) is 15.3 Å². The number of nitrogens with one attached hydrogen (secondary N) is 1. The predicted octanol–water partition coefficient (Wildman–Crippen LogP) is 0.250. The first-order valence-electron chi connectivity index (χ1n) is 5.37. The van der Waals surface area contributed by atoms with E-state index in [-0.39, 0.29) is 6.42 Å². The van der Waals surface area contributed by atoms with Crippen molar-refractivity contribution < 1.29 is 4.79 Å². The SMILES string of the molecule is CC(C)CNCc1ccnc(CC(N)=O)n1. The number of rotatable bonds is 6. The van der Waals surface area contributed by atoms with E-state index in [0.717, 1.165) is 12.2 Å². The Bertz CT molecular complexity index is 352. The summed E-state index contributed by atoms with van der Waals surface area (Å²) in [5, 5.41) is 3.28. The quantitative estimate of drug-likeness (QED) is 0.723. The molecule has 0 atom stereocenters. The predicted molar refractivity (Wildman–Crippen MR) is 61.5 cm³/mol. The van der Waals surface area contributed by atoms with E-state index < -0.39 is 5.91 Å². The third kappa shape index (κ3) is 4.84. The van der Waals surface area contributed by atoms with Crippen LogP contribution in [0.5, 0.6) is 0 Å². The average molecular weight is 222 g/mol. The van der Waals surface area contributed by atoms with Crippen LogP contribution in [0.2, 0.25) is 0 Å². The maximum Gasteiger partial charge on any atom is 0.225 e. The third-order valence-electron chi connectivity index (χ3n) is 1.95. The zero-order valence-electron chi connectivity index (χ0n) is 9.73. The van der Waals surface area contributed by atoms with Crippen LogP contribution >= 0.6 is 0 Å². The zero-order chi connectivity index (χ0) is 12.0. The van der Waals surface area contributed by atoms with Crippen LogP contribution in [-0.4, -0.2) is 22.4 Å². The maximum atomic E-state index is 10.7. The van der Waals surface area contributed by atoms with E-state index in [1.165, 1.54) is 0 Å². The molecular formula is C11H18N4O. The highest BCUT2D eigenvalue weighted by Gasteiger charge is 2.03. The van der Waals surface area contributed by atoms with Crippen LogP contribution in [0.4, 0.5) is 0 Å². The van der Waals surface area contributed by atoms with E-state index in [0.29, 0.717) is 18.3 Å². The van der Waals surface area contributed by atoms with Crippen molar-refractivity contribution >= 4 is 5.91 Å². The maximum absolute atomic E-state index is 10.7. The van der Waals surface area contributed by atoms with Gasteiger partial charge in [0.25, 0.3) is 0 Å². The minimum atomic E-state index is -0.410. The van der Waals surface area contributed by atoms with Crippen molar-refractivity contribution in [2.75, 3.05) is 6.54 Å². The van der Waals surface area contributed by atoms with Crippen molar-refractivity contribution in [3.05, 3.63) is 23.8 Å². The summed E-state index contributed by atoms with van der Waals surface area (Å²) in [5.41, 5.74) is 5.96. The summed E-state index contributed by atoms with van der Waals surface area (Å²) in [5.74, 6) is 0.676. The van der Waals surface area contributed by atoms with Gasteiger partial charge in [0.05, 0.1) is 12.1 Å². The van der Waals surface area contributed by atoms with Crippen LogP contribution in [0, 0.1) is 5.92 Å². The lowest BCUT2D eigenvalue weighted by atomic mass is 10.2. The van der Waals surface area contributed by atoms with Gasteiger partial charge in [-0.1, -0.05) is 13.8 Å². The Balaban J connectivity index is 2.50. The molecule has 88 valence electrons. The van der Waals surface area contributed by atoms with Crippen molar-refractivity contribution in [2.24, 2.45) is 11.7 Å². The topological polar surface area (TPSA) is 80.9 Å². The number of nitrogens with zero attached hydrogens (tertiary/aromatic N) is 2. The van der Waals surface area contributed by atoms with Gasteiger partial charge in [-0.3, -0.25) is 4.79 Å². The Hall–Kier alpha value is -1.49. The number of nitrogens with two attached hydrogens (primary N) is 1. The molecule has 0 aliphatic rings. The Morgan fingerprint density at radius 2 is 2.31 bits per heavy atom. The van der Waals surface area contributed by atoms with E-state index in [1.54, 1.807) is 6.20 Å². The molecule has 1 aromatic heterocycles. The van der Waals surface area contributed by atoms with Crippen LogP contribution in [0.3, 0.4) is 0 Å². The Morgan fingerprint density at radius 1 is 1.56 bits per heavy atom. The van der Waals surface area contributed by atoms with Gasteiger partial charge in [-0.15, -0.1) is 0 Å². The second kappa shape index (κ2) is 6.17. The number of hydrogen-bond acceptors (Lipinski definition) is 4. The molecule has 1 rings (SSSR count). The number of aromatic nitrogens is 2. The summed E-state index contributed by atoms with van der Waals surface area (Å²) in [7, 11) is 0. The molecular weight excluding hydrogens is 204 g/mol. The van der Waals surface area contributed by atoms with Gasteiger partial charge in [0.2, 0.25) is 5.91 Å². The minimum absolute atomic E-state index is 0.0953. The summed E-state index contributed by atoms with van der Waals surface area (Å²) in [6.07, 6.45) is 1.75. The van der Waals surface area contributed by atoms with Crippen molar-refractivity contribution in [2.45, 2.75) is 26.8 Å². The molecule has 0 fully saturated rings.